The zero-order valence-electron chi connectivity index (χ0n) is 10.4. The summed E-state index contributed by atoms with van der Waals surface area (Å²) < 4.78 is 4.53. The van der Waals surface area contributed by atoms with Crippen LogP contribution in [0.25, 0.3) is 6.08 Å². The van der Waals surface area contributed by atoms with Gasteiger partial charge in [-0.15, -0.1) is 0 Å². The third-order valence-corrected chi connectivity index (χ3v) is 2.74. The van der Waals surface area contributed by atoms with E-state index in [9.17, 15) is 9.59 Å². The number of hydrogen-bond donors (Lipinski definition) is 1. The summed E-state index contributed by atoms with van der Waals surface area (Å²) in [4.78, 5) is 22.6. The molecule has 1 aromatic rings. The minimum absolute atomic E-state index is 0.0872. The highest BCUT2D eigenvalue weighted by Gasteiger charge is 2.41. The Bertz CT molecular complexity index is 450. The van der Waals surface area contributed by atoms with Gasteiger partial charge in [-0.25, -0.2) is 0 Å². The Hall–Kier alpha value is -2.10. The summed E-state index contributed by atoms with van der Waals surface area (Å²) in [5.74, 6) is -1.93. The number of methoxy groups -OCH3 is 1. The van der Waals surface area contributed by atoms with E-state index in [1.54, 1.807) is 12.2 Å². The molecule has 4 nitrogen and oxygen atoms in total. The second kappa shape index (κ2) is 6.00. The maximum absolute atomic E-state index is 11.5. The van der Waals surface area contributed by atoms with Gasteiger partial charge >= 0.3 is 11.9 Å². The number of carbonyl (C=O) groups excluding carboxylic acids is 1. The summed E-state index contributed by atoms with van der Waals surface area (Å²) >= 11 is 0. The quantitative estimate of drug-likeness (QED) is 0.641. The maximum Gasteiger partial charge on any atom is 0.323 e. The number of hydrogen-bond acceptors (Lipinski definition) is 3. The van der Waals surface area contributed by atoms with Gasteiger partial charge in [-0.3, -0.25) is 9.59 Å². The number of carboxylic acids is 1. The first kappa shape index (κ1) is 14.0. The predicted molar refractivity (Wildman–Crippen MR) is 67.9 cm³/mol. The number of ether oxygens (including phenoxy) is 1. The van der Waals surface area contributed by atoms with Crippen LogP contribution in [0.2, 0.25) is 0 Å². The Labute approximate surface area is 106 Å². The van der Waals surface area contributed by atoms with E-state index in [-0.39, 0.29) is 6.42 Å². The topological polar surface area (TPSA) is 63.6 Å². The van der Waals surface area contributed by atoms with E-state index >= 15 is 0 Å². The Morgan fingerprint density at radius 2 is 1.94 bits per heavy atom. The highest BCUT2D eigenvalue weighted by atomic mass is 16.5. The predicted octanol–water partition coefficient (Wildman–Crippen LogP) is 2.35. The third-order valence-electron chi connectivity index (χ3n) is 2.74. The van der Waals surface area contributed by atoms with Crippen LogP contribution in [0.3, 0.4) is 0 Å². The lowest BCUT2D eigenvalue weighted by molar-refractivity contribution is -0.165. The van der Waals surface area contributed by atoms with Gasteiger partial charge in [0.25, 0.3) is 0 Å². The van der Waals surface area contributed by atoms with E-state index in [2.05, 4.69) is 4.74 Å². The normalized spacial score (nSPS) is 14.1. The van der Waals surface area contributed by atoms with Gasteiger partial charge in [-0.2, -0.15) is 0 Å². The van der Waals surface area contributed by atoms with Gasteiger partial charge in [0.15, 0.2) is 5.41 Å². The highest BCUT2D eigenvalue weighted by Crippen LogP contribution is 2.24. The van der Waals surface area contributed by atoms with Crippen molar-refractivity contribution in [2.75, 3.05) is 7.11 Å². The molecule has 0 heterocycles. The second-order valence-electron chi connectivity index (χ2n) is 4.15. The molecule has 0 saturated carbocycles. The van der Waals surface area contributed by atoms with Crippen LogP contribution in [0.15, 0.2) is 36.4 Å². The molecule has 1 rings (SSSR count). The monoisotopic (exact) mass is 248 g/mol. The molecule has 0 aliphatic heterocycles. The van der Waals surface area contributed by atoms with Crippen molar-refractivity contribution < 1.29 is 19.4 Å². The number of benzene rings is 1. The lowest BCUT2D eigenvalue weighted by Crippen LogP contribution is -2.36. The van der Waals surface area contributed by atoms with Gasteiger partial charge in [-0.1, -0.05) is 42.5 Å². The first-order valence-electron chi connectivity index (χ1n) is 5.54. The van der Waals surface area contributed by atoms with Crippen LogP contribution >= 0.6 is 0 Å². The lowest BCUT2D eigenvalue weighted by atomic mass is 9.86. The van der Waals surface area contributed by atoms with Crippen LogP contribution in [0.5, 0.6) is 0 Å². The van der Waals surface area contributed by atoms with Crippen molar-refractivity contribution in [3.8, 4) is 0 Å². The number of carbonyl (C=O) groups is 2. The molecule has 0 aliphatic carbocycles. The molecule has 1 aromatic carbocycles. The van der Waals surface area contributed by atoms with Crippen molar-refractivity contribution >= 4 is 18.0 Å². The van der Waals surface area contributed by atoms with Gasteiger partial charge in [0.1, 0.15) is 0 Å². The molecule has 0 aliphatic rings. The first-order chi connectivity index (χ1) is 8.50. The molecule has 1 unspecified atom stereocenters. The van der Waals surface area contributed by atoms with Crippen LogP contribution in [-0.2, 0) is 14.3 Å². The zero-order valence-corrected chi connectivity index (χ0v) is 10.4. The van der Waals surface area contributed by atoms with Gasteiger partial charge in [0.05, 0.1) is 7.11 Å². The van der Waals surface area contributed by atoms with E-state index in [0.717, 1.165) is 5.56 Å². The SMILES string of the molecule is COC(=O)C(C)(C/C=C/c1ccccc1)C(=O)O. The van der Waals surface area contributed by atoms with E-state index in [0.29, 0.717) is 0 Å². The average molecular weight is 248 g/mol. The zero-order chi connectivity index (χ0) is 13.6. The molecule has 0 aromatic heterocycles. The van der Waals surface area contributed by atoms with E-state index in [4.69, 9.17) is 5.11 Å². The van der Waals surface area contributed by atoms with Crippen molar-refractivity contribution in [2.45, 2.75) is 13.3 Å². The fraction of sp³-hybridized carbons (Fsp3) is 0.286. The standard InChI is InChI=1S/C14H16O4/c1-14(12(15)16,13(17)18-2)10-6-9-11-7-4-3-5-8-11/h3-9H,10H2,1-2H3,(H,15,16)/b9-6+. The Morgan fingerprint density at radius 1 is 1.33 bits per heavy atom. The van der Waals surface area contributed by atoms with Crippen LogP contribution in [0, 0.1) is 5.41 Å². The van der Waals surface area contributed by atoms with Crippen molar-refractivity contribution in [3.05, 3.63) is 42.0 Å². The fourth-order valence-corrected chi connectivity index (χ4v) is 1.48. The number of aliphatic carboxylic acids is 1. The number of esters is 1. The van der Waals surface area contributed by atoms with E-state index in [1.165, 1.54) is 14.0 Å². The molecule has 4 heteroatoms. The summed E-state index contributed by atoms with van der Waals surface area (Å²) in [6.07, 6.45) is 3.54. The van der Waals surface area contributed by atoms with Crippen molar-refractivity contribution in [2.24, 2.45) is 5.41 Å². The summed E-state index contributed by atoms with van der Waals surface area (Å²) in [6, 6.07) is 9.46. The Kier molecular flexibility index (Phi) is 4.66. The van der Waals surface area contributed by atoms with Crippen molar-refractivity contribution in [1.29, 1.82) is 0 Å². The molecule has 0 bridgehead atoms. The summed E-state index contributed by atoms with van der Waals surface area (Å²) in [5, 5.41) is 9.10. The number of rotatable bonds is 5. The smallest absolute Gasteiger partial charge is 0.323 e. The fourth-order valence-electron chi connectivity index (χ4n) is 1.48. The molecule has 18 heavy (non-hydrogen) atoms. The Balaban J connectivity index is 2.78. The summed E-state index contributed by atoms with van der Waals surface area (Å²) in [5.41, 5.74) is -0.588. The van der Waals surface area contributed by atoms with E-state index < -0.39 is 17.4 Å². The molecule has 0 spiro atoms. The van der Waals surface area contributed by atoms with Gasteiger partial charge in [0, 0.05) is 0 Å². The lowest BCUT2D eigenvalue weighted by Gasteiger charge is -2.19. The van der Waals surface area contributed by atoms with Crippen LogP contribution in [0.4, 0.5) is 0 Å². The molecule has 96 valence electrons. The molecular formula is C14H16O4. The molecular weight excluding hydrogens is 232 g/mol. The second-order valence-corrected chi connectivity index (χ2v) is 4.15. The molecule has 0 radical (unpaired) electrons. The van der Waals surface area contributed by atoms with Crippen LogP contribution < -0.4 is 0 Å². The number of allylic oxidation sites excluding steroid dienone is 1. The summed E-state index contributed by atoms with van der Waals surface area (Å²) in [7, 11) is 1.18. The Morgan fingerprint density at radius 3 is 2.44 bits per heavy atom. The van der Waals surface area contributed by atoms with Gasteiger partial charge in [-0.05, 0) is 18.9 Å². The third kappa shape index (κ3) is 3.20. The van der Waals surface area contributed by atoms with E-state index in [1.807, 2.05) is 30.3 Å². The van der Waals surface area contributed by atoms with Gasteiger partial charge < -0.3 is 9.84 Å². The largest absolute Gasteiger partial charge is 0.480 e. The minimum atomic E-state index is -1.54. The van der Waals surface area contributed by atoms with Crippen LogP contribution in [0.1, 0.15) is 18.9 Å². The minimum Gasteiger partial charge on any atom is -0.480 e. The van der Waals surface area contributed by atoms with Crippen molar-refractivity contribution in [3.63, 3.8) is 0 Å². The summed E-state index contributed by atoms with van der Waals surface area (Å²) in [6.45, 7) is 1.36. The number of carboxylic acid groups (broad SMARTS) is 1. The first-order valence-corrected chi connectivity index (χ1v) is 5.54. The maximum atomic E-state index is 11.5. The van der Waals surface area contributed by atoms with Gasteiger partial charge in [0.2, 0.25) is 0 Å². The molecule has 1 N–H and O–H groups in total. The highest BCUT2D eigenvalue weighted by molar-refractivity contribution is 5.98. The van der Waals surface area contributed by atoms with Crippen LogP contribution in [-0.4, -0.2) is 24.2 Å². The average Bonchev–Trinajstić information content (AvgIpc) is 2.38. The van der Waals surface area contributed by atoms with Crippen molar-refractivity contribution in [1.82, 2.24) is 0 Å². The molecule has 0 saturated heterocycles. The molecule has 1 atom stereocenters. The molecule has 0 fully saturated rings. The molecule has 0 amide bonds.